The van der Waals surface area contributed by atoms with Crippen molar-refractivity contribution in [3.05, 3.63) is 65.7 Å². The fraction of sp³-hybridized carbons (Fsp3) is 0.143. The van der Waals surface area contributed by atoms with Crippen molar-refractivity contribution in [2.24, 2.45) is 10.1 Å². The average Bonchev–Trinajstić information content (AvgIpc) is 3.14. The topological polar surface area (TPSA) is 81.3 Å². The first kappa shape index (κ1) is 18.9. The zero-order valence-corrected chi connectivity index (χ0v) is 16.8. The zero-order chi connectivity index (χ0) is 20.4. The molecule has 0 fully saturated rings. The molecular weight excluding hydrogens is 386 g/mol. The average molecular weight is 405 g/mol. The molecule has 1 amide bonds. The number of nitrogens with zero attached hydrogens (tertiary/aromatic N) is 4. The third-order valence-corrected chi connectivity index (χ3v) is 5.20. The second-order valence-corrected chi connectivity index (χ2v) is 7.64. The molecule has 2 aromatic carbocycles. The molecule has 7 nitrogen and oxygen atoms in total. The van der Waals surface area contributed by atoms with Crippen molar-refractivity contribution < 1.29 is 9.53 Å². The molecule has 2 aliphatic heterocycles. The van der Waals surface area contributed by atoms with Crippen LogP contribution in [0.15, 0.2) is 70.3 Å². The molecule has 0 saturated heterocycles. The van der Waals surface area contributed by atoms with Crippen LogP contribution in [0, 0.1) is 5.41 Å². The summed E-state index contributed by atoms with van der Waals surface area (Å²) >= 11 is 1.24. The number of carbonyl (C=O) groups is 1. The number of hydrogen-bond acceptors (Lipinski definition) is 6. The second kappa shape index (κ2) is 7.92. The monoisotopic (exact) mass is 405 g/mol. The van der Waals surface area contributed by atoms with Crippen LogP contribution in [-0.4, -0.2) is 47.7 Å². The van der Waals surface area contributed by atoms with E-state index < -0.39 is 5.91 Å². The van der Waals surface area contributed by atoms with Crippen molar-refractivity contribution in [3.8, 4) is 5.75 Å². The Balaban J connectivity index is 1.51. The summed E-state index contributed by atoms with van der Waals surface area (Å²) in [6.07, 6.45) is 1.67. The molecule has 0 aromatic heterocycles. The molecule has 0 bridgehead atoms. The van der Waals surface area contributed by atoms with Crippen molar-refractivity contribution >= 4 is 45.5 Å². The Morgan fingerprint density at radius 1 is 1.14 bits per heavy atom. The number of hydrogen-bond donors (Lipinski definition) is 1. The number of ether oxygens (including phenoxy) is 1. The molecule has 2 aliphatic rings. The van der Waals surface area contributed by atoms with Gasteiger partial charge in [-0.1, -0.05) is 30.3 Å². The van der Waals surface area contributed by atoms with Crippen molar-refractivity contribution in [1.29, 1.82) is 5.41 Å². The van der Waals surface area contributed by atoms with Crippen molar-refractivity contribution in [2.75, 3.05) is 25.6 Å². The van der Waals surface area contributed by atoms with Gasteiger partial charge in [-0.25, -0.2) is 0 Å². The van der Waals surface area contributed by atoms with Crippen LogP contribution in [0.5, 0.6) is 5.75 Å². The summed E-state index contributed by atoms with van der Waals surface area (Å²) < 4.78 is 5.70. The Morgan fingerprint density at radius 2 is 1.86 bits per heavy atom. The maximum absolute atomic E-state index is 12.5. The van der Waals surface area contributed by atoms with E-state index in [1.54, 1.807) is 6.08 Å². The van der Waals surface area contributed by atoms with E-state index in [0.717, 1.165) is 17.0 Å². The first-order valence-corrected chi connectivity index (χ1v) is 9.77. The second-order valence-electron chi connectivity index (χ2n) is 6.60. The molecule has 29 heavy (non-hydrogen) atoms. The first-order chi connectivity index (χ1) is 14.0. The number of nitrogens with one attached hydrogen (secondary N) is 1. The molecule has 2 aromatic rings. The standard InChI is InChI=1S/C21H19N5O2S/c1-25(2)15-10-8-14(9-11-15)12-17-19(22)26-21(23-20(17)27)29-18(24-26)13-28-16-6-4-3-5-7-16/h3-12,22H,13H2,1-2H3/b17-12+,22-19?. The zero-order valence-electron chi connectivity index (χ0n) is 16.0. The lowest BCUT2D eigenvalue weighted by Crippen LogP contribution is -2.35. The fourth-order valence-corrected chi connectivity index (χ4v) is 3.59. The number of carbonyl (C=O) groups excluding carboxylic acids is 1. The Kier molecular flexibility index (Phi) is 5.18. The van der Waals surface area contributed by atoms with Gasteiger partial charge in [-0.05, 0) is 47.7 Å². The summed E-state index contributed by atoms with van der Waals surface area (Å²) in [6, 6.07) is 17.1. The molecule has 0 spiro atoms. The summed E-state index contributed by atoms with van der Waals surface area (Å²) in [6.45, 7) is 0.247. The summed E-state index contributed by atoms with van der Waals surface area (Å²) in [5.41, 5.74) is 2.09. The summed E-state index contributed by atoms with van der Waals surface area (Å²) in [4.78, 5) is 18.6. The normalized spacial score (nSPS) is 17.2. The van der Waals surface area contributed by atoms with Gasteiger partial charge in [0.15, 0.2) is 5.84 Å². The molecule has 8 heteroatoms. The highest BCUT2D eigenvalue weighted by atomic mass is 32.2. The van der Waals surface area contributed by atoms with Gasteiger partial charge in [0.25, 0.3) is 5.91 Å². The van der Waals surface area contributed by atoms with Crippen LogP contribution in [0.1, 0.15) is 5.56 Å². The van der Waals surface area contributed by atoms with E-state index in [-0.39, 0.29) is 18.0 Å². The molecule has 0 unspecified atom stereocenters. The molecule has 2 heterocycles. The third-order valence-electron chi connectivity index (χ3n) is 4.32. The Hall–Kier alpha value is -3.39. The van der Waals surface area contributed by atoms with Gasteiger partial charge in [0, 0.05) is 19.8 Å². The van der Waals surface area contributed by atoms with E-state index in [4.69, 9.17) is 10.1 Å². The van der Waals surface area contributed by atoms with Gasteiger partial charge in [-0.2, -0.15) is 15.1 Å². The number of hydrazone groups is 1. The van der Waals surface area contributed by atoms with Gasteiger partial charge < -0.3 is 9.64 Å². The molecule has 1 N–H and O–H groups in total. The number of fused-ring (bicyclic) bond motifs is 1. The number of anilines is 1. The fourth-order valence-electron chi connectivity index (χ4n) is 2.79. The molecule has 0 radical (unpaired) electrons. The minimum absolute atomic E-state index is 0.0129. The summed E-state index contributed by atoms with van der Waals surface area (Å²) in [5, 5.41) is 15.2. The molecule has 146 valence electrons. The van der Waals surface area contributed by atoms with E-state index >= 15 is 0 Å². The number of thioether (sulfide) groups is 1. The number of para-hydroxylation sites is 1. The van der Waals surface area contributed by atoms with Gasteiger partial charge >= 0.3 is 0 Å². The maximum atomic E-state index is 12.5. The number of amidine groups is 2. The number of rotatable bonds is 5. The van der Waals surface area contributed by atoms with Gasteiger partial charge in [0.2, 0.25) is 5.17 Å². The van der Waals surface area contributed by atoms with E-state index in [1.165, 1.54) is 16.8 Å². The van der Waals surface area contributed by atoms with Crippen LogP contribution >= 0.6 is 11.8 Å². The molecule has 0 aliphatic carbocycles. The number of amides is 1. The van der Waals surface area contributed by atoms with E-state index in [9.17, 15) is 4.79 Å². The maximum Gasteiger partial charge on any atom is 0.283 e. The molecule has 4 rings (SSSR count). The van der Waals surface area contributed by atoms with E-state index in [1.807, 2.05) is 73.6 Å². The van der Waals surface area contributed by atoms with E-state index in [2.05, 4.69) is 10.1 Å². The van der Waals surface area contributed by atoms with Gasteiger partial charge in [-0.15, -0.1) is 0 Å². The number of aliphatic imine (C=N–C) groups is 1. The summed E-state index contributed by atoms with van der Waals surface area (Å²) in [5.74, 6) is 0.306. The van der Waals surface area contributed by atoms with Crippen LogP contribution < -0.4 is 9.64 Å². The van der Waals surface area contributed by atoms with Crippen molar-refractivity contribution in [3.63, 3.8) is 0 Å². The highest BCUT2D eigenvalue weighted by molar-refractivity contribution is 8.27. The van der Waals surface area contributed by atoms with Crippen LogP contribution in [0.25, 0.3) is 6.08 Å². The number of benzene rings is 2. The van der Waals surface area contributed by atoms with Crippen molar-refractivity contribution in [1.82, 2.24) is 5.01 Å². The van der Waals surface area contributed by atoms with Gasteiger partial charge in [0.05, 0.1) is 5.57 Å². The Bertz CT molecular complexity index is 1040. The Labute approximate surface area is 172 Å². The Morgan fingerprint density at radius 3 is 2.55 bits per heavy atom. The van der Waals surface area contributed by atoms with Crippen molar-refractivity contribution in [2.45, 2.75) is 0 Å². The predicted octanol–water partition coefficient (Wildman–Crippen LogP) is 3.45. The largest absolute Gasteiger partial charge is 0.487 e. The highest BCUT2D eigenvalue weighted by Gasteiger charge is 2.35. The minimum Gasteiger partial charge on any atom is -0.487 e. The first-order valence-electron chi connectivity index (χ1n) is 8.95. The predicted molar refractivity (Wildman–Crippen MR) is 118 cm³/mol. The van der Waals surface area contributed by atoms with Crippen LogP contribution in [0.2, 0.25) is 0 Å². The lowest BCUT2D eigenvalue weighted by atomic mass is 10.1. The third kappa shape index (κ3) is 4.07. The highest BCUT2D eigenvalue weighted by Crippen LogP contribution is 2.28. The molecule has 0 saturated carbocycles. The van der Waals surface area contributed by atoms with E-state index in [0.29, 0.717) is 10.2 Å². The minimum atomic E-state index is -0.439. The van der Waals surface area contributed by atoms with Crippen LogP contribution in [0.3, 0.4) is 0 Å². The lowest BCUT2D eigenvalue weighted by molar-refractivity contribution is -0.114. The van der Waals surface area contributed by atoms with Gasteiger partial charge in [0.1, 0.15) is 17.4 Å². The van der Waals surface area contributed by atoms with Crippen LogP contribution in [0.4, 0.5) is 5.69 Å². The smallest absolute Gasteiger partial charge is 0.283 e. The quantitative estimate of drug-likeness (QED) is 0.771. The molecule has 0 atom stereocenters. The lowest BCUT2D eigenvalue weighted by Gasteiger charge is -2.20. The SMILES string of the molecule is CN(C)c1ccc(/C=C2\C(=N)N3N=C(COc4ccccc4)SC3=NC2=O)cc1. The summed E-state index contributed by atoms with van der Waals surface area (Å²) in [7, 11) is 3.93. The van der Waals surface area contributed by atoms with Crippen LogP contribution in [-0.2, 0) is 4.79 Å². The molecular formula is C21H19N5O2S. The van der Waals surface area contributed by atoms with Gasteiger partial charge in [-0.3, -0.25) is 10.2 Å².